The second-order valence-electron chi connectivity index (χ2n) is 4.97. The molecular formula is C10H13N5O9. The molecular weight excluding hydrogens is 334 g/mol. The summed E-state index contributed by atoms with van der Waals surface area (Å²) in [7, 11) is 0. The second-order valence-corrected chi connectivity index (χ2v) is 4.97. The first kappa shape index (κ1) is 16.8. The molecule has 0 spiro atoms. The van der Waals surface area contributed by atoms with Crippen molar-refractivity contribution in [3.05, 3.63) is 12.7 Å². The highest BCUT2D eigenvalue weighted by molar-refractivity contribution is 5.81. The van der Waals surface area contributed by atoms with Crippen molar-refractivity contribution in [2.45, 2.75) is 23.6 Å². The molecule has 1 aliphatic rings. The van der Waals surface area contributed by atoms with Crippen molar-refractivity contribution in [2.24, 2.45) is 0 Å². The molecule has 0 radical (unpaired) electrons. The zero-order valence-corrected chi connectivity index (χ0v) is 11.7. The SMILES string of the molecule is Nc1ncnc2c1ncn2[C@]1(O)O[C@H](CO)[C@@](O)(OO)[C@@]1(O)OO. The number of hydrogen-bond donors (Lipinski definition) is 7. The Hall–Kier alpha value is -2.01. The molecule has 0 unspecified atom stereocenters. The summed E-state index contributed by atoms with van der Waals surface area (Å²) in [6.45, 7) is -1.06. The van der Waals surface area contributed by atoms with E-state index in [-0.39, 0.29) is 17.0 Å². The summed E-state index contributed by atoms with van der Waals surface area (Å²) >= 11 is 0. The molecule has 1 fully saturated rings. The number of rotatable bonds is 4. The minimum Gasteiger partial charge on any atom is -0.393 e. The lowest BCUT2D eigenvalue weighted by Gasteiger charge is -2.37. The number of aromatic nitrogens is 4. The maximum atomic E-state index is 10.7. The molecule has 1 aliphatic heterocycles. The molecule has 132 valence electrons. The topological polar surface area (TPSA) is 219 Å². The molecule has 14 nitrogen and oxygen atoms in total. The molecule has 8 N–H and O–H groups in total. The van der Waals surface area contributed by atoms with Gasteiger partial charge in [-0.1, -0.05) is 0 Å². The number of fused-ring (bicyclic) bond motifs is 1. The van der Waals surface area contributed by atoms with Crippen LogP contribution in [-0.2, 0) is 20.4 Å². The van der Waals surface area contributed by atoms with Crippen LogP contribution in [0, 0.1) is 0 Å². The highest BCUT2D eigenvalue weighted by Gasteiger charge is 2.79. The molecule has 14 heteroatoms. The third kappa shape index (κ3) is 1.76. The van der Waals surface area contributed by atoms with Gasteiger partial charge in [0, 0.05) is 0 Å². The summed E-state index contributed by atoms with van der Waals surface area (Å²) in [6, 6.07) is 0. The van der Waals surface area contributed by atoms with Crippen molar-refractivity contribution in [1.29, 1.82) is 0 Å². The van der Waals surface area contributed by atoms with E-state index in [0.29, 0.717) is 4.57 Å². The van der Waals surface area contributed by atoms with Crippen LogP contribution >= 0.6 is 0 Å². The molecule has 0 aliphatic carbocycles. The van der Waals surface area contributed by atoms with Crippen molar-refractivity contribution < 1.29 is 45.5 Å². The number of aliphatic hydroxyl groups excluding tert-OH is 1. The van der Waals surface area contributed by atoms with Crippen molar-refractivity contribution in [1.82, 2.24) is 19.5 Å². The second kappa shape index (κ2) is 5.24. The third-order valence-corrected chi connectivity index (χ3v) is 3.80. The van der Waals surface area contributed by atoms with Crippen molar-refractivity contribution in [3.8, 4) is 0 Å². The fourth-order valence-corrected chi connectivity index (χ4v) is 2.51. The summed E-state index contributed by atoms with van der Waals surface area (Å²) in [5.41, 5.74) is 5.38. The van der Waals surface area contributed by atoms with Crippen LogP contribution in [0.1, 0.15) is 0 Å². The maximum Gasteiger partial charge on any atom is 0.334 e. The van der Waals surface area contributed by atoms with Gasteiger partial charge < -0.3 is 30.9 Å². The number of anilines is 1. The smallest absolute Gasteiger partial charge is 0.334 e. The van der Waals surface area contributed by atoms with E-state index in [0.717, 1.165) is 12.7 Å². The summed E-state index contributed by atoms with van der Waals surface area (Å²) < 4.78 is 5.58. The predicted molar refractivity (Wildman–Crippen MR) is 69.2 cm³/mol. The van der Waals surface area contributed by atoms with Crippen molar-refractivity contribution >= 4 is 17.0 Å². The van der Waals surface area contributed by atoms with Gasteiger partial charge in [0.2, 0.25) is 0 Å². The molecule has 3 rings (SSSR count). The lowest BCUT2D eigenvalue weighted by Crippen LogP contribution is -2.66. The van der Waals surface area contributed by atoms with Gasteiger partial charge in [-0.05, 0) is 0 Å². The van der Waals surface area contributed by atoms with Crippen LogP contribution in [0.2, 0.25) is 0 Å². The van der Waals surface area contributed by atoms with Crippen LogP contribution in [0.15, 0.2) is 12.7 Å². The Morgan fingerprint density at radius 2 is 1.92 bits per heavy atom. The van der Waals surface area contributed by atoms with E-state index in [1.54, 1.807) is 0 Å². The molecule has 0 amide bonds. The Kier molecular flexibility index (Phi) is 3.68. The fourth-order valence-electron chi connectivity index (χ4n) is 2.51. The lowest BCUT2D eigenvalue weighted by atomic mass is 10.0. The molecule has 3 heterocycles. The van der Waals surface area contributed by atoms with Gasteiger partial charge in [-0.2, -0.15) is 9.78 Å². The predicted octanol–water partition coefficient (Wildman–Crippen LogP) is -3.24. The first-order valence-corrected chi connectivity index (χ1v) is 6.34. The highest BCUT2D eigenvalue weighted by atomic mass is 17.2. The van der Waals surface area contributed by atoms with E-state index in [9.17, 15) is 20.4 Å². The quantitative estimate of drug-likeness (QED) is 0.164. The number of hydrogen-bond acceptors (Lipinski definition) is 13. The maximum absolute atomic E-state index is 10.7. The Bertz CT molecular complexity index is 772. The number of aliphatic hydroxyl groups is 4. The summed E-state index contributed by atoms with van der Waals surface area (Å²) in [5.74, 6) is -10.1. The van der Waals surface area contributed by atoms with Gasteiger partial charge in [-0.15, -0.1) is 0 Å². The number of nitrogens with two attached hydrogens (primary N) is 1. The van der Waals surface area contributed by atoms with Crippen LogP contribution in [-0.4, -0.2) is 74.7 Å². The average Bonchev–Trinajstić information content (AvgIpc) is 3.09. The van der Waals surface area contributed by atoms with E-state index in [1.807, 2.05) is 0 Å². The van der Waals surface area contributed by atoms with E-state index in [4.69, 9.17) is 21.0 Å². The highest BCUT2D eigenvalue weighted by Crippen LogP contribution is 2.49. The largest absolute Gasteiger partial charge is 0.393 e. The molecule has 0 saturated carbocycles. The van der Waals surface area contributed by atoms with E-state index in [1.165, 1.54) is 0 Å². The van der Waals surface area contributed by atoms with Gasteiger partial charge in [0.15, 0.2) is 11.5 Å². The van der Waals surface area contributed by atoms with Crippen LogP contribution in [0.5, 0.6) is 0 Å². The van der Waals surface area contributed by atoms with Crippen LogP contribution in [0.25, 0.3) is 11.2 Å². The molecule has 1 saturated heterocycles. The monoisotopic (exact) mass is 347 g/mol. The molecule has 4 atom stereocenters. The third-order valence-electron chi connectivity index (χ3n) is 3.80. The number of nitrogen functional groups attached to an aromatic ring is 1. The minimum atomic E-state index is -3.53. The molecule has 24 heavy (non-hydrogen) atoms. The summed E-state index contributed by atoms with van der Waals surface area (Å²) in [5, 5.41) is 58.6. The number of imidazole rings is 1. The normalized spacial score (nSPS) is 36.5. The van der Waals surface area contributed by atoms with Gasteiger partial charge in [0.05, 0.1) is 6.61 Å². The van der Waals surface area contributed by atoms with Gasteiger partial charge in [-0.3, -0.25) is 4.57 Å². The lowest BCUT2D eigenvalue weighted by molar-refractivity contribution is -0.551. The summed E-state index contributed by atoms with van der Waals surface area (Å²) in [4.78, 5) is 18.8. The average molecular weight is 347 g/mol. The van der Waals surface area contributed by atoms with Crippen LogP contribution < -0.4 is 5.73 Å². The fraction of sp³-hybridized carbons (Fsp3) is 0.500. The first-order chi connectivity index (χ1) is 11.3. The zero-order chi connectivity index (χ0) is 17.8. The number of ether oxygens (including phenoxy) is 1. The zero-order valence-electron chi connectivity index (χ0n) is 11.7. The molecule has 2 aromatic rings. The Labute approximate surface area is 131 Å². The Morgan fingerprint density at radius 3 is 2.50 bits per heavy atom. The van der Waals surface area contributed by atoms with Crippen molar-refractivity contribution in [3.63, 3.8) is 0 Å². The molecule has 2 aromatic heterocycles. The van der Waals surface area contributed by atoms with Gasteiger partial charge in [0.25, 0.3) is 5.79 Å². The standard InChI is InChI=1S/C10H13N5O9/c11-6-5-7(13-2-12-6)15(3-14-5)10(19)9(18,24-21)8(17,23-20)4(1-16)22-10/h2-4,16-21H,1H2,(H2,11,12,13)/t4-,8-,9-,10-/m1/s1. The van der Waals surface area contributed by atoms with E-state index < -0.39 is 30.2 Å². The minimum absolute atomic E-state index is 0.0179. The summed E-state index contributed by atoms with van der Waals surface area (Å²) in [6.07, 6.45) is -0.0796. The van der Waals surface area contributed by atoms with Crippen molar-refractivity contribution in [2.75, 3.05) is 12.3 Å². The van der Waals surface area contributed by atoms with Gasteiger partial charge >= 0.3 is 11.7 Å². The van der Waals surface area contributed by atoms with Crippen LogP contribution in [0.4, 0.5) is 5.82 Å². The Balaban J connectivity index is 2.26. The van der Waals surface area contributed by atoms with Gasteiger partial charge in [0.1, 0.15) is 24.3 Å². The Morgan fingerprint density at radius 1 is 1.21 bits per heavy atom. The van der Waals surface area contributed by atoms with E-state index >= 15 is 0 Å². The van der Waals surface area contributed by atoms with Gasteiger partial charge in [-0.25, -0.2) is 25.5 Å². The first-order valence-electron chi connectivity index (χ1n) is 6.34. The van der Waals surface area contributed by atoms with Crippen LogP contribution in [0.3, 0.4) is 0 Å². The molecule has 0 bridgehead atoms. The van der Waals surface area contributed by atoms with E-state index in [2.05, 4.69) is 24.7 Å². The molecule has 0 aromatic carbocycles. The number of nitrogens with zero attached hydrogens (tertiary/aromatic N) is 4.